The first-order chi connectivity index (χ1) is 10.8. The fourth-order valence-corrected chi connectivity index (χ4v) is 3.08. The van der Waals surface area contributed by atoms with Crippen molar-refractivity contribution in [2.24, 2.45) is 0 Å². The molecule has 0 unspecified atom stereocenters. The van der Waals surface area contributed by atoms with Gasteiger partial charge in [-0.2, -0.15) is 0 Å². The summed E-state index contributed by atoms with van der Waals surface area (Å²) in [5, 5.41) is 2.90. The van der Waals surface area contributed by atoms with Crippen molar-refractivity contribution in [3.05, 3.63) is 47.7 Å². The molecular formula is C18H16ClN3. The van der Waals surface area contributed by atoms with Crippen LogP contribution in [0.5, 0.6) is 0 Å². The third-order valence-electron chi connectivity index (χ3n) is 4.09. The summed E-state index contributed by atoms with van der Waals surface area (Å²) in [4.78, 5) is 9.35. The fraction of sp³-hybridized carbons (Fsp3) is 0.222. The van der Waals surface area contributed by atoms with Crippen LogP contribution >= 0.6 is 11.6 Å². The monoisotopic (exact) mass is 309 g/mol. The number of fused-ring (bicyclic) bond motifs is 4. The van der Waals surface area contributed by atoms with E-state index in [0.29, 0.717) is 5.02 Å². The number of nitrogens with zero attached hydrogens (tertiary/aromatic N) is 3. The van der Waals surface area contributed by atoms with E-state index in [2.05, 4.69) is 34.7 Å². The predicted octanol–water partition coefficient (Wildman–Crippen LogP) is 5.19. The number of imidazole rings is 1. The van der Waals surface area contributed by atoms with Crippen molar-refractivity contribution in [3.63, 3.8) is 0 Å². The molecule has 4 rings (SSSR count). The highest BCUT2D eigenvalue weighted by molar-refractivity contribution is 6.31. The molecule has 4 aromatic rings. The largest absolute Gasteiger partial charge is 0.331 e. The highest BCUT2D eigenvalue weighted by Gasteiger charge is 2.09. The minimum Gasteiger partial charge on any atom is -0.331 e. The van der Waals surface area contributed by atoms with Crippen molar-refractivity contribution in [2.75, 3.05) is 0 Å². The number of pyridine rings is 1. The summed E-state index contributed by atoms with van der Waals surface area (Å²) < 4.78 is 2.23. The van der Waals surface area contributed by atoms with Gasteiger partial charge in [-0.15, -0.1) is 0 Å². The Morgan fingerprint density at radius 2 is 2.00 bits per heavy atom. The summed E-state index contributed by atoms with van der Waals surface area (Å²) in [5.74, 6) is 0. The Hall–Kier alpha value is -2.13. The summed E-state index contributed by atoms with van der Waals surface area (Å²) in [7, 11) is 0. The zero-order chi connectivity index (χ0) is 15.1. The average molecular weight is 310 g/mol. The predicted molar refractivity (Wildman–Crippen MR) is 92.5 cm³/mol. The molecule has 0 fully saturated rings. The average Bonchev–Trinajstić information content (AvgIpc) is 2.94. The van der Waals surface area contributed by atoms with E-state index in [1.54, 1.807) is 0 Å². The molecule has 0 aliphatic rings. The molecule has 2 aromatic carbocycles. The Bertz CT molecular complexity index is 988. The number of hydrogen-bond donors (Lipinski definition) is 0. The van der Waals surface area contributed by atoms with Crippen molar-refractivity contribution >= 4 is 44.4 Å². The second-order valence-electron chi connectivity index (χ2n) is 5.62. The van der Waals surface area contributed by atoms with Crippen LogP contribution in [0.4, 0.5) is 0 Å². The van der Waals surface area contributed by atoms with Gasteiger partial charge in [0.15, 0.2) is 0 Å². The van der Waals surface area contributed by atoms with Crippen molar-refractivity contribution in [1.29, 1.82) is 0 Å². The lowest BCUT2D eigenvalue weighted by molar-refractivity contribution is 0.646. The van der Waals surface area contributed by atoms with Crippen LogP contribution in [-0.2, 0) is 6.54 Å². The van der Waals surface area contributed by atoms with E-state index >= 15 is 0 Å². The molecule has 110 valence electrons. The summed E-state index contributed by atoms with van der Waals surface area (Å²) in [6.07, 6.45) is 4.28. The van der Waals surface area contributed by atoms with Crippen molar-refractivity contribution in [3.8, 4) is 0 Å². The molecule has 0 radical (unpaired) electrons. The first kappa shape index (κ1) is 13.5. The summed E-state index contributed by atoms with van der Waals surface area (Å²) in [6.45, 7) is 3.21. The number of benzene rings is 2. The van der Waals surface area contributed by atoms with E-state index in [1.807, 2.05) is 24.5 Å². The lowest BCUT2D eigenvalue weighted by atomic mass is 10.1. The minimum absolute atomic E-state index is 0.712. The Balaban J connectivity index is 1.98. The molecule has 0 saturated heterocycles. The minimum atomic E-state index is 0.712. The summed E-state index contributed by atoms with van der Waals surface area (Å²) >= 11 is 6.06. The maximum absolute atomic E-state index is 6.06. The Labute approximate surface area is 133 Å². The fourth-order valence-electron chi connectivity index (χ4n) is 2.91. The zero-order valence-electron chi connectivity index (χ0n) is 12.4. The maximum atomic E-state index is 6.06. The van der Waals surface area contributed by atoms with E-state index < -0.39 is 0 Å². The van der Waals surface area contributed by atoms with E-state index in [1.165, 1.54) is 11.9 Å². The maximum Gasteiger partial charge on any atom is 0.0978 e. The molecule has 2 heterocycles. The Kier molecular flexibility index (Phi) is 3.23. The normalized spacial score (nSPS) is 11.7. The first-order valence-electron chi connectivity index (χ1n) is 7.60. The van der Waals surface area contributed by atoms with Gasteiger partial charge in [0.2, 0.25) is 0 Å². The lowest BCUT2D eigenvalue weighted by Crippen LogP contribution is -1.95. The molecule has 0 saturated carbocycles. The first-order valence-corrected chi connectivity index (χ1v) is 7.98. The van der Waals surface area contributed by atoms with Gasteiger partial charge in [0.05, 0.1) is 28.4 Å². The Morgan fingerprint density at radius 1 is 1.09 bits per heavy atom. The van der Waals surface area contributed by atoms with Crippen LogP contribution < -0.4 is 0 Å². The summed E-state index contributed by atoms with van der Waals surface area (Å²) in [5.41, 5.74) is 4.08. The van der Waals surface area contributed by atoms with Gasteiger partial charge in [-0.1, -0.05) is 31.0 Å². The van der Waals surface area contributed by atoms with Crippen LogP contribution in [0.25, 0.3) is 32.8 Å². The van der Waals surface area contributed by atoms with Crippen LogP contribution in [0.15, 0.2) is 42.7 Å². The molecule has 0 spiro atoms. The highest BCUT2D eigenvalue weighted by atomic mass is 35.5. The van der Waals surface area contributed by atoms with Crippen LogP contribution in [0, 0.1) is 0 Å². The van der Waals surface area contributed by atoms with E-state index in [0.717, 1.165) is 40.3 Å². The molecular weight excluding hydrogens is 294 g/mol. The van der Waals surface area contributed by atoms with Gasteiger partial charge < -0.3 is 4.57 Å². The SMILES string of the molecule is CCCCn1cnc2c3cc4ccc(Cl)cc4nc3ccc21. The summed E-state index contributed by atoms with van der Waals surface area (Å²) in [6, 6.07) is 12.2. The molecule has 2 aromatic heterocycles. The number of rotatable bonds is 3. The third kappa shape index (κ3) is 2.13. The standard InChI is InChI=1S/C18H16ClN3/c1-2-3-8-22-11-20-18-14-9-12-4-5-13(19)10-16(12)21-15(14)6-7-17(18)22/h4-7,9-11H,2-3,8H2,1H3. The molecule has 0 aliphatic carbocycles. The van der Waals surface area contributed by atoms with Gasteiger partial charge in [-0.3, -0.25) is 0 Å². The third-order valence-corrected chi connectivity index (χ3v) is 4.33. The smallest absolute Gasteiger partial charge is 0.0978 e. The molecule has 3 nitrogen and oxygen atoms in total. The van der Waals surface area contributed by atoms with Crippen molar-refractivity contribution in [1.82, 2.24) is 14.5 Å². The van der Waals surface area contributed by atoms with Gasteiger partial charge >= 0.3 is 0 Å². The van der Waals surface area contributed by atoms with Crippen molar-refractivity contribution in [2.45, 2.75) is 26.3 Å². The van der Waals surface area contributed by atoms with Crippen LogP contribution in [0.3, 0.4) is 0 Å². The number of hydrogen-bond acceptors (Lipinski definition) is 2. The number of unbranched alkanes of at least 4 members (excludes halogenated alkanes) is 1. The van der Waals surface area contributed by atoms with Gasteiger partial charge in [-0.25, -0.2) is 9.97 Å². The topological polar surface area (TPSA) is 30.7 Å². The number of aromatic nitrogens is 3. The molecule has 0 amide bonds. The quantitative estimate of drug-likeness (QED) is 0.487. The van der Waals surface area contributed by atoms with Gasteiger partial charge in [0.25, 0.3) is 0 Å². The molecule has 0 aliphatic heterocycles. The number of aryl methyl sites for hydroxylation is 1. The molecule has 0 bridgehead atoms. The van der Waals surface area contributed by atoms with Gasteiger partial charge in [-0.05, 0) is 36.8 Å². The zero-order valence-corrected chi connectivity index (χ0v) is 13.1. The number of halogens is 1. The van der Waals surface area contributed by atoms with Crippen LogP contribution in [0.2, 0.25) is 5.02 Å². The Morgan fingerprint density at radius 3 is 2.86 bits per heavy atom. The van der Waals surface area contributed by atoms with E-state index in [-0.39, 0.29) is 0 Å². The molecule has 0 atom stereocenters. The van der Waals surface area contributed by atoms with Crippen LogP contribution in [0.1, 0.15) is 19.8 Å². The molecule has 22 heavy (non-hydrogen) atoms. The molecule has 4 heteroatoms. The van der Waals surface area contributed by atoms with E-state index in [9.17, 15) is 0 Å². The lowest BCUT2D eigenvalue weighted by Gasteiger charge is -2.05. The second kappa shape index (κ2) is 5.25. The van der Waals surface area contributed by atoms with Gasteiger partial charge in [0.1, 0.15) is 0 Å². The second-order valence-corrected chi connectivity index (χ2v) is 6.05. The molecule has 0 N–H and O–H groups in total. The van der Waals surface area contributed by atoms with Gasteiger partial charge in [0, 0.05) is 22.3 Å². The van der Waals surface area contributed by atoms with E-state index in [4.69, 9.17) is 16.6 Å². The highest BCUT2D eigenvalue weighted by Crippen LogP contribution is 2.28. The van der Waals surface area contributed by atoms with Crippen LogP contribution in [-0.4, -0.2) is 14.5 Å². The van der Waals surface area contributed by atoms with Crippen molar-refractivity contribution < 1.29 is 0 Å².